The van der Waals surface area contributed by atoms with Crippen molar-refractivity contribution in [3.05, 3.63) is 28.3 Å². The summed E-state index contributed by atoms with van der Waals surface area (Å²) < 4.78 is 46.9. The van der Waals surface area contributed by atoms with E-state index >= 15 is 0 Å². The molecule has 1 fully saturated rings. The van der Waals surface area contributed by atoms with Gasteiger partial charge in [-0.1, -0.05) is 0 Å². The average Bonchev–Trinajstić information content (AvgIpc) is 3.15. The Hall–Kier alpha value is -3.22. The molecule has 13 heteroatoms. The zero-order valence-electron chi connectivity index (χ0n) is 19.6. The van der Waals surface area contributed by atoms with E-state index in [1.807, 2.05) is 17.7 Å². The van der Waals surface area contributed by atoms with Gasteiger partial charge in [-0.15, -0.1) is 0 Å². The van der Waals surface area contributed by atoms with E-state index in [1.165, 1.54) is 0 Å². The van der Waals surface area contributed by atoms with Gasteiger partial charge in [-0.25, -0.2) is 15.1 Å². The van der Waals surface area contributed by atoms with Crippen LogP contribution in [0, 0.1) is 12.3 Å². The van der Waals surface area contributed by atoms with Crippen LogP contribution in [-0.4, -0.2) is 94.8 Å². The fraction of sp³-hybridized carbons (Fsp3) is 0.591. The molecule has 0 bridgehead atoms. The first kappa shape index (κ1) is 24.9. The first-order chi connectivity index (χ1) is 16.6. The second kappa shape index (κ2) is 9.80. The van der Waals surface area contributed by atoms with Gasteiger partial charge in [0.1, 0.15) is 5.41 Å². The Morgan fingerprint density at radius 1 is 1.23 bits per heavy atom. The largest absolute Gasteiger partial charge is 0.400 e. The number of guanidine groups is 1. The van der Waals surface area contributed by atoms with Crippen molar-refractivity contribution in [1.82, 2.24) is 24.6 Å². The molecule has 2 aromatic heterocycles. The van der Waals surface area contributed by atoms with E-state index in [2.05, 4.69) is 20.2 Å². The number of amides is 1. The molecule has 2 aromatic rings. The van der Waals surface area contributed by atoms with Gasteiger partial charge in [-0.2, -0.15) is 18.3 Å². The van der Waals surface area contributed by atoms with E-state index < -0.39 is 18.1 Å². The van der Waals surface area contributed by atoms with Crippen LogP contribution in [-0.2, 0) is 16.1 Å². The van der Waals surface area contributed by atoms with E-state index in [0.717, 1.165) is 24.2 Å². The number of nitrogens with one attached hydrogen (secondary N) is 1. The molecule has 10 nitrogen and oxygen atoms in total. The van der Waals surface area contributed by atoms with Crippen molar-refractivity contribution in [1.29, 1.82) is 0 Å². The monoisotopic (exact) mass is 495 g/mol. The van der Waals surface area contributed by atoms with Crippen molar-refractivity contribution in [3.8, 4) is 0 Å². The number of aliphatic imine (C=N–C) groups is 2. The second-order valence-electron chi connectivity index (χ2n) is 8.98. The fourth-order valence-electron chi connectivity index (χ4n) is 4.14. The summed E-state index contributed by atoms with van der Waals surface area (Å²) in [5.74, 6) is 0.244. The smallest absolute Gasteiger partial charge is 0.379 e. The summed E-state index contributed by atoms with van der Waals surface area (Å²) in [5, 5.41) is 6.88. The van der Waals surface area contributed by atoms with Crippen molar-refractivity contribution < 1.29 is 22.7 Å². The lowest BCUT2D eigenvalue weighted by Gasteiger charge is -2.37. The summed E-state index contributed by atoms with van der Waals surface area (Å²) in [6, 6.07) is 0. The van der Waals surface area contributed by atoms with Gasteiger partial charge >= 0.3 is 6.18 Å². The molecule has 1 N–H and O–H groups in total. The SMILES string of the molecule is Cc1cn(CCOCCC(=O)N2CCN(C3=NCC(C)(C(F)(F)F)C=N3)CC2)c2cn[nH]c(=O)c12. The lowest BCUT2D eigenvalue weighted by atomic mass is 9.91. The number of hydrogen-bond donors (Lipinski definition) is 1. The first-order valence-electron chi connectivity index (χ1n) is 11.4. The van der Waals surface area contributed by atoms with Crippen LogP contribution in [0.15, 0.2) is 27.2 Å². The molecule has 1 unspecified atom stereocenters. The maximum Gasteiger partial charge on any atom is 0.400 e. The number of rotatable bonds is 6. The Balaban J connectivity index is 1.18. The molecule has 0 radical (unpaired) electrons. The molecule has 1 amide bonds. The average molecular weight is 496 g/mol. The highest BCUT2D eigenvalue weighted by atomic mass is 19.4. The lowest BCUT2D eigenvalue weighted by Crippen LogP contribution is -2.52. The van der Waals surface area contributed by atoms with Crippen LogP contribution in [0.1, 0.15) is 18.9 Å². The second-order valence-corrected chi connectivity index (χ2v) is 8.98. The molecule has 2 aliphatic rings. The third-order valence-corrected chi connectivity index (χ3v) is 6.40. The zero-order valence-corrected chi connectivity index (χ0v) is 19.6. The number of alkyl halides is 3. The van der Waals surface area contributed by atoms with Crippen molar-refractivity contribution in [2.75, 3.05) is 45.9 Å². The van der Waals surface area contributed by atoms with Crippen LogP contribution in [0.5, 0.6) is 0 Å². The summed E-state index contributed by atoms with van der Waals surface area (Å²) in [6.45, 7) is 5.53. The molecule has 4 rings (SSSR count). The summed E-state index contributed by atoms with van der Waals surface area (Å²) in [7, 11) is 0. The van der Waals surface area contributed by atoms with Crippen molar-refractivity contribution in [2.45, 2.75) is 33.0 Å². The van der Waals surface area contributed by atoms with Gasteiger partial charge in [0.25, 0.3) is 5.56 Å². The number of aryl methyl sites for hydroxylation is 1. The predicted octanol–water partition coefficient (Wildman–Crippen LogP) is 1.59. The summed E-state index contributed by atoms with van der Waals surface area (Å²) in [4.78, 5) is 35.9. The Kier molecular flexibility index (Phi) is 6.97. The standard InChI is InChI=1S/C22H28F3N7O3/c1-15-12-32(16-11-28-29-19(34)18(15)16)8-10-35-9-3-17(33)30-4-6-31(7-5-30)20-26-13-21(2,14-27-20)22(23,24)25/h11-13H,3-10,14H2,1-2H3,(H,29,34). The fourth-order valence-corrected chi connectivity index (χ4v) is 4.14. The molecule has 0 aromatic carbocycles. The van der Waals surface area contributed by atoms with Gasteiger partial charge in [-0.05, 0) is 19.4 Å². The van der Waals surface area contributed by atoms with Crippen LogP contribution in [0.2, 0.25) is 0 Å². The van der Waals surface area contributed by atoms with Crippen molar-refractivity contribution in [2.24, 2.45) is 15.4 Å². The maximum absolute atomic E-state index is 13.1. The third kappa shape index (κ3) is 5.24. The maximum atomic E-state index is 13.1. The van der Waals surface area contributed by atoms with E-state index in [4.69, 9.17) is 4.74 Å². The van der Waals surface area contributed by atoms with E-state index in [1.54, 1.807) is 16.0 Å². The predicted molar refractivity (Wildman–Crippen MR) is 124 cm³/mol. The topological polar surface area (TPSA) is 108 Å². The molecule has 190 valence electrons. The van der Waals surface area contributed by atoms with Crippen molar-refractivity contribution >= 4 is 29.0 Å². The highest BCUT2D eigenvalue weighted by molar-refractivity contribution is 5.92. The van der Waals surface area contributed by atoms with Gasteiger partial charge in [0.05, 0.1) is 43.3 Å². The molecule has 1 saturated heterocycles. The first-order valence-corrected chi connectivity index (χ1v) is 11.4. The number of carbonyl (C=O) groups excluding carboxylic acids is 1. The van der Waals surface area contributed by atoms with E-state index in [9.17, 15) is 22.8 Å². The van der Waals surface area contributed by atoms with Gasteiger partial charge < -0.3 is 19.1 Å². The lowest BCUT2D eigenvalue weighted by molar-refractivity contribution is -0.187. The van der Waals surface area contributed by atoms with Crippen LogP contribution in [0.25, 0.3) is 10.9 Å². The number of halogens is 3. The minimum atomic E-state index is -4.40. The van der Waals surface area contributed by atoms with Gasteiger partial charge in [0.2, 0.25) is 11.9 Å². The van der Waals surface area contributed by atoms with Crippen LogP contribution >= 0.6 is 0 Å². The number of carbonyl (C=O) groups is 1. The Morgan fingerprint density at radius 2 is 1.97 bits per heavy atom. The van der Waals surface area contributed by atoms with Crippen LogP contribution in [0.4, 0.5) is 13.2 Å². The van der Waals surface area contributed by atoms with Crippen LogP contribution in [0.3, 0.4) is 0 Å². The van der Waals surface area contributed by atoms with Gasteiger partial charge in [0, 0.05) is 45.1 Å². The molecule has 4 heterocycles. The number of hydrogen-bond acceptors (Lipinski definition) is 7. The number of nitrogens with zero attached hydrogens (tertiary/aromatic N) is 6. The minimum absolute atomic E-state index is 0.0404. The Morgan fingerprint density at radius 3 is 2.63 bits per heavy atom. The molecule has 2 aliphatic heterocycles. The molecule has 35 heavy (non-hydrogen) atoms. The zero-order chi connectivity index (χ0) is 25.2. The number of aromatic nitrogens is 3. The van der Waals surface area contributed by atoms with Gasteiger partial charge in [-0.3, -0.25) is 9.59 Å². The molecular weight excluding hydrogens is 467 g/mol. The number of ether oxygens (including phenoxy) is 1. The van der Waals surface area contributed by atoms with E-state index in [-0.39, 0.29) is 30.5 Å². The molecule has 1 atom stereocenters. The molecular formula is C22H28F3N7O3. The Labute approximate surface area is 199 Å². The number of aromatic amines is 1. The van der Waals surface area contributed by atoms with Crippen molar-refractivity contribution in [3.63, 3.8) is 0 Å². The molecule has 0 aliphatic carbocycles. The highest BCUT2D eigenvalue weighted by Crippen LogP contribution is 2.38. The third-order valence-electron chi connectivity index (χ3n) is 6.40. The van der Waals surface area contributed by atoms with Gasteiger partial charge in [0.15, 0.2) is 0 Å². The van der Waals surface area contributed by atoms with E-state index in [0.29, 0.717) is 44.7 Å². The Bertz CT molecular complexity index is 1200. The number of piperazine rings is 1. The van der Waals surface area contributed by atoms with Crippen LogP contribution < -0.4 is 5.56 Å². The number of fused-ring (bicyclic) bond motifs is 1. The molecule has 0 spiro atoms. The number of H-pyrrole nitrogens is 1. The highest BCUT2D eigenvalue weighted by Gasteiger charge is 2.51. The summed E-state index contributed by atoms with van der Waals surface area (Å²) >= 11 is 0. The summed E-state index contributed by atoms with van der Waals surface area (Å²) in [5.41, 5.74) is -0.681. The molecule has 0 saturated carbocycles. The summed E-state index contributed by atoms with van der Waals surface area (Å²) in [6.07, 6.45) is 0.238. The quantitative estimate of drug-likeness (QED) is 0.613. The minimum Gasteiger partial charge on any atom is -0.379 e. The normalized spacial score (nSPS) is 21.0.